The minimum atomic E-state index is -3.43. The third kappa shape index (κ3) is 6.53. The average Bonchev–Trinajstić information content (AvgIpc) is 3.63. The Morgan fingerprint density at radius 2 is 1.86 bits per heavy atom. The lowest BCUT2D eigenvalue weighted by Crippen LogP contribution is -2.53. The van der Waals surface area contributed by atoms with Crippen LogP contribution in [0.4, 0.5) is 0 Å². The van der Waals surface area contributed by atoms with Crippen molar-refractivity contribution in [3.63, 3.8) is 0 Å². The molecular formula is C26H36N4O5S. The molecule has 2 aliphatic heterocycles. The van der Waals surface area contributed by atoms with Crippen LogP contribution in [0.5, 0.6) is 0 Å². The van der Waals surface area contributed by atoms with E-state index < -0.39 is 10.0 Å². The van der Waals surface area contributed by atoms with Gasteiger partial charge in [0.05, 0.1) is 19.0 Å². The SMILES string of the molecule is O=C(N[C@H]1CCN(S(=O)(=O)CCN2CCOCC2)[C@H](CCc2ccccc2)C1)c1cc(C2CC2)on1. The first kappa shape index (κ1) is 25.4. The van der Waals surface area contributed by atoms with Crippen molar-refractivity contribution in [2.75, 3.05) is 45.1 Å². The molecule has 3 fully saturated rings. The number of carbonyl (C=O) groups is 1. The molecule has 36 heavy (non-hydrogen) atoms. The highest BCUT2D eigenvalue weighted by atomic mass is 32.2. The van der Waals surface area contributed by atoms with E-state index in [4.69, 9.17) is 9.26 Å². The molecule has 0 bridgehead atoms. The number of nitrogens with zero attached hydrogens (tertiary/aromatic N) is 3. The van der Waals surface area contributed by atoms with E-state index in [2.05, 4.69) is 27.5 Å². The van der Waals surface area contributed by atoms with E-state index in [0.29, 0.717) is 57.2 Å². The molecule has 0 unspecified atom stereocenters. The van der Waals surface area contributed by atoms with E-state index in [0.717, 1.165) is 38.1 Å². The summed E-state index contributed by atoms with van der Waals surface area (Å²) in [4.78, 5) is 15.0. The summed E-state index contributed by atoms with van der Waals surface area (Å²) in [6, 6.07) is 11.6. The summed E-state index contributed by atoms with van der Waals surface area (Å²) in [7, 11) is -3.43. The number of morpholine rings is 1. The Bertz CT molecular complexity index is 1110. The van der Waals surface area contributed by atoms with E-state index in [1.165, 1.54) is 5.56 Å². The summed E-state index contributed by atoms with van der Waals surface area (Å²) in [5.74, 6) is 1.03. The maximum Gasteiger partial charge on any atom is 0.273 e. The number of carbonyl (C=O) groups excluding carboxylic acids is 1. The molecule has 10 heteroatoms. The van der Waals surface area contributed by atoms with Crippen LogP contribution in [-0.2, 0) is 21.2 Å². The maximum atomic E-state index is 13.4. The maximum absolute atomic E-state index is 13.4. The summed E-state index contributed by atoms with van der Waals surface area (Å²) in [5.41, 5.74) is 1.49. The second-order valence-corrected chi connectivity index (χ2v) is 12.2. The lowest BCUT2D eigenvalue weighted by Gasteiger charge is -2.39. The lowest BCUT2D eigenvalue weighted by molar-refractivity contribution is 0.0406. The summed E-state index contributed by atoms with van der Waals surface area (Å²) >= 11 is 0. The molecule has 2 atom stereocenters. The summed E-state index contributed by atoms with van der Waals surface area (Å²) in [6.07, 6.45) is 4.83. The molecule has 9 nitrogen and oxygen atoms in total. The number of rotatable bonds is 10. The van der Waals surface area contributed by atoms with Crippen molar-refractivity contribution in [1.82, 2.24) is 19.7 Å². The van der Waals surface area contributed by atoms with E-state index in [1.54, 1.807) is 10.4 Å². The second-order valence-electron chi connectivity index (χ2n) is 10.1. The third-order valence-corrected chi connectivity index (χ3v) is 9.37. The zero-order valence-corrected chi connectivity index (χ0v) is 21.5. The quantitative estimate of drug-likeness (QED) is 0.517. The van der Waals surface area contributed by atoms with Gasteiger partial charge in [0, 0.05) is 50.2 Å². The second kappa shape index (κ2) is 11.4. The Balaban J connectivity index is 1.23. The Morgan fingerprint density at radius 3 is 2.61 bits per heavy atom. The predicted octanol–water partition coefficient (Wildman–Crippen LogP) is 2.41. The van der Waals surface area contributed by atoms with E-state index >= 15 is 0 Å². The van der Waals surface area contributed by atoms with Gasteiger partial charge in [-0.1, -0.05) is 35.5 Å². The highest BCUT2D eigenvalue weighted by Gasteiger charge is 2.37. The minimum absolute atomic E-state index is 0.106. The Hall–Kier alpha value is -2.27. The normalized spacial score (nSPS) is 24.0. The van der Waals surface area contributed by atoms with Crippen LogP contribution in [0.2, 0.25) is 0 Å². The third-order valence-electron chi connectivity index (χ3n) is 7.47. The molecule has 196 valence electrons. The standard InChI is InChI=1S/C26H36N4O5S/c31-26(24-19-25(35-28-24)21-7-8-21)27-22-10-11-30(23(18-22)9-6-20-4-2-1-3-5-20)36(32,33)17-14-29-12-15-34-16-13-29/h1-5,19,21-23H,6-18H2,(H,27,31)/t22-,23+/m0/s1. The summed E-state index contributed by atoms with van der Waals surface area (Å²) < 4.78 is 39.3. The van der Waals surface area contributed by atoms with Gasteiger partial charge in [0.25, 0.3) is 5.91 Å². The number of sulfonamides is 1. The Labute approximate surface area is 213 Å². The summed E-state index contributed by atoms with van der Waals surface area (Å²) in [6.45, 7) is 3.76. The molecule has 3 heterocycles. The van der Waals surface area contributed by atoms with Crippen LogP contribution in [0, 0.1) is 0 Å². The van der Waals surface area contributed by atoms with Crippen LogP contribution >= 0.6 is 0 Å². The van der Waals surface area contributed by atoms with Gasteiger partial charge in [0.1, 0.15) is 5.76 Å². The van der Waals surface area contributed by atoms with Crippen molar-refractivity contribution in [1.29, 1.82) is 0 Å². The number of hydrogen-bond donors (Lipinski definition) is 1. The first-order valence-electron chi connectivity index (χ1n) is 13.1. The molecule has 1 N–H and O–H groups in total. The highest BCUT2D eigenvalue weighted by Crippen LogP contribution is 2.40. The van der Waals surface area contributed by atoms with Gasteiger partial charge >= 0.3 is 0 Å². The van der Waals surface area contributed by atoms with E-state index in [-0.39, 0.29) is 23.7 Å². The molecule has 1 aromatic heterocycles. The zero-order valence-electron chi connectivity index (χ0n) is 20.7. The van der Waals surface area contributed by atoms with Crippen LogP contribution in [-0.4, -0.2) is 85.9 Å². The number of piperidine rings is 1. The molecule has 1 saturated carbocycles. The van der Waals surface area contributed by atoms with Crippen molar-refractivity contribution >= 4 is 15.9 Å². The number of ether oxygens (including phenoxy) is 1. The monoisotopic (exact) mass is 516 g/mol. The van der Waals surface area contributed by atoms with Crippen LogP contribution in [0.15, 0.2) is 40.9 Å². The van der Waals surface area contributed by atoms with Crippen molar-refractivity contribution in [2.24, 2.45) is 0 Å². The van der Waals surface area contributed by atoms with Crippen molar-refractivity contribution in [2.45, 2.75) is 56.5 Å². The van der Waals surface area contributed by atoms with Crippen molar-refractivity contribution < 1.29 is 22.5 Å². The first-order valence-corrected chi connectivity index (χ1v) is 14.7. The van der Waals surface area contributed by atoms with Crippen LogP contribution in [0.25, 0.3) is 0 Å². The number of amides is 1. The molecule has 2 aromatic rings. The van der Waals surface area contributed by atoms with Crippen molar-refractivity contribution in [3.05, 3.63) is 53.4 Å². The van der Waals surface area contributed by atoms with Gasteiger partial charge in [0.15, 0.2) is 5.69 Å². The van der Waals surface area contributed by atoms with E-state index in [9.17, 15) is 13.2 Å². The molecule has 3 aliphatic rings. The van der Waals surface area contributed by atoms with Gasteiger partial charge in [-0.05, 0) is 44.1 Å². The Kier molecular flexibility index (Phi) is 8.05. The zero-order chi connectivity index (χ0) is 25.0. The predicted molar refractivity (Wildman–Crippen MR) is 135 cm³/mol. The molecule has 0 spiro atoms. The minimum Gasteiger partial charge on any atom is -0.379 e. The van der Waals surface area contributed by atoms with Gasteiger partial charge in [-0.2, -0.15) is 4.31 Å². The smallest absolute Gasteiger partial charge is 0.273 e. The van der Waals surface area contributed by atoms with Crippen molar-refractivity contribution in [3.8, 4) is 0 Å². The van der Waals surface area contributed by atoms with Crippen LogP contribution < -0.4 is 5.32 Å². The molecule has 2 saturated heterocycles. The van der Waals surface area contributed by atoms with Gasteiger partial charge in [-0.3, -0.25) is 9.69 Å². The van der Waals surface area contributed by atoms with Gasteiger partial charge in [-0.25, -0.2) is 8.42 Å². The molecular weight excluding hydrogens is 480 g/mol. The van der Waals surface area contributed by atoms with Crippen LogP contribution in [0.3, 0.4) is 0 Å². The summed E-state index contributed by atoms with van der Waals surface area (Å²) in [5, 5.41) is 7.04. The molecule has 5 rings (SSSR count). The van der Waals surface area contributed by atoms with Gasteiger partial charge in [0.2, 0.25) is 10.0 Å². The number of benzene rings is 1. The number of nitrogens with one attached hydrogen (secondary N) is 1. The molecule has 1 amide bonds. The van der Waals surface area contributed by atoms with Crippen LogP contribution in [0.1, 0.15) is 59.8 Å². The topological polar surface area (TPSA) is 105 Å². The fourth-order valence-corrected chi connectivity index (χ4v) is 6.92. The fraction of sp³-hybridized carbons (Fsp3) is 0.615. The molecule has 0 radical (unpaired) electrons. The Morgan fingerprint density at radius 1 is 1.08 bits per heavy atom. The fourth-order valence-electron chi connectivity index (χ4n) is 5.17. The molecule has 1 aliphatic carbocycles. The lowest BCUT2D eigenvalue weighted by atomic mass is 9.94. The number of aryl methyl sites for hydroxylation is 1. The van der Waals surface area contributed by atoms with Gasteiger partial charge < -0.3 is 14.6 Å². The number of hydrogen-bond acceptors (Lipinski definition) is 7. The molecule has 1 aromatic carbocycles. The average molecular weight is 517 g/mol. The number of aromatic nitrogens is 1. The van der Waals surface area contributed by atoms with Gasteiger partial charge in [-0.15, -0.1) is 0 Å². The highest BCUT2D eigenvalue weighted by molar-refractivity contribution is 7.89. The first-order chi connectivity index (χ1) is 17.5. The largest absolute Gasteiger partial charge is 0.379 e. The van der Waals surface area contributed by atoms with E-state index in [1.807, 2.05) is 18.2 Å².